The van der Waals surface area contributed by atoms with Crippen molar-refractivity contribution >= 4 is 32.2 Å². The molecule has 1 N–H and O–H groups in total. The number of hydrogen-bond donors (Lipinski definition) is 1. The average Bonchev–Trinajstić information content (AvgIpc) is 3.09. The van der Waals surface area contributed by atoms with Crippen molar-refractivity contribution in [3.8, 4) is 0 Å². The fourth-order valence-electron chi connectivity index (χ4n) is 3.42. The van der Waals surface area contributed by atoms with Gasteiger partial charge in [-0.05, 0) is 17.7 Å². The predicted molar refractivity (Wildman–Crippen MR) is 114 cm³/mol. The molecule has 2 aromatic carbocycles. The lowest BCUT2D eigenvalue weighted by Crippen LogP contribution is -2.29. The molecule has 0 fully saturated rings. The number of amides is 1. The monoisotopic (exact) mass is 427 g/mol. The van der Waals surface area contributed by atoms with E-state index in [1.807, 2.05) is 18.2 Å². The Balaban J connectivity index is 1.48. The van der Waals surface area contributed by atoms with Gasteiger partial charge in [-0.1, -0.05) is 42.5 Å². The number of sulfone groups is 1. The predicted octanol–water partition coefficient (Wildman–Crippen LogP) is 3.36. The minimum Gasteiger partial charge on any atom is -0.298 e. The summed E-state index contributed by atoms with van der Waals surface area (Å²) in [6, 6.07) is 16.5. The summed E-state index contributed by atoms with van der Waals surface area (Å²) in [7, 11) is -3.49. The molecule has 0 aliphatic carbocycles. The van der Waals surface area contributed by atoms with Crippen LogP contribution >= 0.6 is 11.3 Å². The molecule has 1 aliphatic rings. The maximum atomic E-state index is 12.7. The number of nitrogens with zero attached hydrogens (tertiary/aromatic N) is 2. The van der Waals surface area contributed by atoms with Crippen LogP contribution in [-0.4, -0.2) is 37.0 Å². The molecule has 6 nitrogen and oxygen atoms in total. The Morgan fingerprint density at radius 3 is 2.62 bits per heavy atom. The van der Waals surface area contributed by atoms with Gasteiger partial charge in [0, 0.05) is 37.2 Å². The molecule has 0 saturated carbocycles. The lowest BCUT2D eigenvalue weighted by atomic mass is 10.1. The topological polar surface area (TPSA) is 79.4 Å². The first kappa shape index (κ1) is 19.8. The van der Waals surface area contributed by atoms with Crippen LogP contribution < -0.4 is 5.32 Å². The van der Waals surface area contributed by atoms with Crippen LogP contribution in [0.2, 0.25) is 0 Å². The molecular weight excluding hydrogens is 406 g/mol. The summed E-state index contributed by atoms with van der Waals surface area (Å²) in [6.07, 6.45) is 1.93. The molecule has 0 spiro atoms. The molecule has 0 bridgehead atoms. The van der Waals surface area contributed by atoms with Crippen LogP contribution in [0.1, 0.15) is 26.5 Å². The van der Waals surface area contributed by atoms with Crippen molar-refractivity contribution in [2.45, 2.75) is 24.4 Å². The second-order valence-corrected chi connectivity index (χ2v) is 10.1. The summed E-state index contributed by atoms with van der Waals surface area (Å²) < 4.78 is 23.9. The zero-order valence-corrected chi connectivity index (χ0v) is 17.6. The average molecular weight is 428 g/mol. The Morgan fingerprint density at radius 1 is 1.14 bits per heavy atom. The third-order valence-corrected chi connectivity index (χ3v) is 6.96. The highest BCUT2D eigenvalue weighted by Crippen LogP contribution is 2.29. The number of anilines is 1. The van der Waals surface area contributed by atoms with Crippen molar-refractivity contribution in [1.82, 2.24) is 9.88 Å². The number of thiazole rings is 1. The van der Waals surface area contributed by atoms with Gasteiger partial charge in [-0.15, -0.1) is 11.3 Å². The molecule has 1 amide bonds. The number of carbonyl (C=O) groups excluding carboxylic acids is 1. The summed E-state index contributed by atoms with van der Waals surface area (Å²) in [5.74, 6) is -0.460. The second kappa shape index (κ2) is 8.06. The number of benzene rings is 2. The number of carbonyl (C=O) groups is 1. The van der Waals surface area contributed by atoms with Crippen molar-refractivity contribution < 1.29 is 13.2 Å². The van der Waals surface area contributed by atoms with Gasteiger partial charge in [0.25, 0.3) is 5.91 Å². The quantitative estimate of drug-likeness (QED) is 0.675. The summed E-state index contributed by atoms with van der Waals surface area (Å²) in [5.41, 5.74) is 2.41. The van der Waals surface area contributed by atoms with E-state index in [1.54, 1.807) is 12.1 Å². The lowest BCUT2D eigenvalue weighted by molar-refractivity contribution is 0.102. The van der Waals surface area contributed by atoms with Crippen molar-refractivity contribution in [3.63, 3.8) is 0 Å². The molecule has 29 heavy (non-hydrogen) atoms. The highest BCUT2D eigenvalue weighted by molar-refractivity contribution is 7.90. The van der Waals surface area contributed by atoms with E-state index in [9.17, 15) is 13.2 Å². The molecule has 8 heteroatoms. The van der Waals surface area contributed by atoms with Crippen LogP contribution in [0, 0.1) is 0 Å². The van der Waals surface area contributed by atoms with Gasteiger partial charge in [0.15, 0.2) is 15.0 Å². The molecule has 0 radical (unpaired) electrons. The third kappa shape index (κ3) is 4.55. The van der Waals surface area contributed by atoms with Crippen LogP contribution in [0.4, 0.5) is 5.13 Å². The number of rotatable bonds is 5. The van der Waals surface area contributed by atoms with Gasteiger partial charge >= 0.3 is 0 Å². The molecule has 0 saturated heterocycles. The van der Waals surface area contributed by atoms with E-state index in [0.29, 0.717) is 5.13 Å². The zero-order valence-electron chi connectivity index (χ0n) is 16.0. The van der Waals surface area contributed by atoms with Crippen LogP contribution in [0.5, 0.6) is 0 Å². The van der Waals surface area contributed by atoms with E-state index >= 15 is 0 Å². The van der Waals surface area contributed by atoms with E-state index in [0.717, 1.165) is 42.9 Å². The summed E-state index contributed by atoms with van der Waals surface area (Å²) in [5, 5.41) is 3.28. The van der Waals surface area contributed by atoms with E-state index in [1.165, 1.54) is 29.0 Å². The highest BCUT2D eigenvalue weighted by atomic mass is 32.2. The molecular formula is C21H21N3O3S2. The van der Waals surface area contributed by atoms with Crippen molar-refractivity contribution in [2.24, 2.45) is 0 Å². The van der Waals surface area contributed by atoms with Crippen LogP contribution in [0.25, 0.3) is 0 Å². The van der Waals surface area contributed by atoms with Gasteiger partial charge < -0.3 is 0 Å². The Hall–Kier alpha value is -2.55. The Bertz CT molecular complexity index is 1140. The largest absolute Gasteiger partial charge is 0.298 e. The smallest absolute Gasteiger partial charge is 0.258 e. The molecule has 1 aromatic heterocycles. The molecule has 150 valence electrons. The standard InChI is InChI=1S/C21H21N3O3S2/c1-29(26,27)19-10-6-5-9-16(19)20(25)23-21-22-17-11-12-24(14-18(17)28-21)13-15-7-3-2-4-8-15/h2-10H,11-14H2,1H3,(H,22,23,25). The van der Waals surface area contributed by atoms with Crippen LogP contribution in [0.15, 0.2) is 59.5 Å². The molecule has 0 atom stereocenters. The first-order valence-electron chi connectivity index (χ1n) is 9.25. The molecule has 1 aliphatic heterocycles. The van der Waals surface area contributed by atoms with Crippen molar-refractivity contribution in [1.29, 1.82) is 0 Å². The van der Waals surface area contributed by atoms with E-state index in [2.05, 4.69) is 27.3 Å². The van der Waals surface area contributed by atoms with Gasteiger partial charge in [-0.25, -0.2) is 13.4 Å². The van der Waals surface area contributed by atoms with E-state index in [-0.39, 0.29) is 10.5 Å². The van der Waals surface area contributed by atoms with Gasteiger partial charge in [-0.3, -0.25) is 15.0 Å². The first-order valence-corrected chi connectivity index (χ1v) is 12.0. The fraction of sp³-hybridized carbons (Fsp3) is 0.238. The minimum absolute atomic E-state index is 0.0212. The lowest BCUT2D eigenvalue weighted by Gasteiger charge is -2.25. The maximum Gasteiger partial charge on any atom is 0.258 e. The maximum absolute atomic E-state index is 12.7. The normalized spacial score (nSPS) is 14.4. The summed E-state index contributed by atoms with van der Waals surface area (Å²) in [6.45, 7) is 2.58. The Morgan fingerprint density at radius 2 is 1.86 bits per heavy atom. The molecule has 3 aromatic rings. The minimum atomic E-state index is -3.49. The number of fused-ring (bicyclic) bond motifs is 1. The number of aromatic nitrogens is 1. The second-order valence-electron chi connectivity index (χ2n) is 7.06. The van der Waals surface area contributed by atoms with Gasteiger partial charge in [0.05, 0.1) is 16.2 Å². The van der Waals surface area contributed by atoms with Crippen molar-refractivity contribution in [2.75, 3.05) is 18.1 Å². The number of nitrogens with one attached hydrogen (secondary N) is 1. The SMILES string of the molecule is CS(=O)(=O)c1ccccc1C(=O)Nc1nc2c(s1)CN(Cc1ccccc1)CC2. The summed E-state index contributed by atoms with van der Waals surface area (Å²) in [4.78, 5) is 20.8. The van der Waals surface area contributed by atoms with Gasteiger partial charge in [0.1, 0.15) is 0 Å². The van der Waals surface area contributed by atoms with Gasteiger partial charge in [0.2, 0.25) is 0 Å². The number of hydrogen-bond acceptors (Lipinski definition) is 6. The molecule has 0 unspecified atom stereocenters. The molecule has 2 heterocycles. The Labute approximate surface area is 174 Å². The van der Waals surface area contributed by atoms with Crippen LogP contribution in [0.3, 0.4) is 0 Å². The first-order chi connectivity index (χ1) is 13.9. The third-order valence-electron chi connectivity index (χ3n) is 4.81. The van der Waals surface area contributed by atoms with Crippen molar-refractivity contribution in [3.05, 3.63) is 76.3 Å². The zero-order chi connectivity index (χ0) is 20.4. The Kier molecular flexibility index (Phi) is 5.49. The van der Waals surface area contributed by atoms with Gasteiger partial charge in [-0.2, -0.15) is 0 Å². The fourth-order valence-corrected chi connectivity index (χ4v) is 5.35. The van der Waals surface area contributed by atoms with E-state index in [4.69, 9.17) is 0 Å². The summed E-state index contributed by atoms with van der Waals surface area (Å²) >= 11 is 1.45. The highest BCUT2D eigenvalue weighted by Gasteiger charge is 2.23. The molecule has 4 rings (SSSR count). The van der Waals surface area contributed by atoms with E-state index < -0.39 is 15.7 Å². The van der Waals surface area contributed by atoms with Crippen LogP contribution in [-0.2, 0) is 29.3 Å².